The first kappa shape index (κ1) is 19.8. The second-order valence-corrected chi connectivity index (χ2v) is 7.56. The summed E-state index contributed by atoms with van der Waals surface area (Å²) in [6.45, 7) is 6.26. The van der Waals surface area contributed by atoms with E-state index < -0.39 is 0 Å². The van der Waals surface area contributed by atoms with Gasteiger partial charge in [0, 0.05) is 37.6 Å². The maximum atomic E-state index is 11.9. The summed E-state index contributed by atoms with van der Waals surface area (Å²) in [5.41, 5.74) is 3.06. The van der Waals surface area contributed by atoms with Gasteiger partial charge in [-0.3, -0.25) is 9.69 Å². The molecule has 2 heterocycles. The molecule has 0 aliphatic carbocycles. The highest BCUT2D eigenvalue weighted by atomic mass is 16.5. The second-order valence-electron chi connectivity index (χ2n) is 7.56. The molecule has 3 rings (SSSR count). The molecule has 5 heteroatoms. The minimum absolute atomic E-state index is 0.0749. The van der Waals surface area contributed by atoms with Crippen molar-refractivity contribution in [3.05, 3.63) is 51.9 Å². The Hall–Kier alpha value is -1.98. The highest BCUT2D eigenvalue weighted by Crippen LogP contribution is 2.21. The number of piperidine rings is 1. The van der Waals surface area contributed by atoms with Crippen LogP contribution < -0.4 is 5.56 Å². The Kier molecular flexibility index (Phi) is 7.18. The Labute approximate surface area is 161 Å². The van der Waals surface area contributed by atoms with Crippen LogP contribution in [0.2, 0.25) is 0 Å². The van der Waals surface area contributed by atoms with Gasteiger partial charge in [0.15, 0.2) is 0 Å². The second kappa shape index (κ2) is 9.81. The number of H-pyrrole nitrogens is 1. The van der Waals surface area contributed by atoms with E-state index in [1.807, 2.05) is 0 Å². The van der Waals surface area contributed by atoms with Gasteiger partial charge in [0.1, 0.15) is 5.82 Å². The topological polar surface area (TPSA) is 58.2 Å². The molecule has 0 atom stereocenters. The number of unbranched alkanes of at least 4 members (excludes halogenated alkanes) is 1. The first-order chi connectivity index (χ1) is 13.2. The molecular weight excluding hydrogens is 338 g/mol. The van der Waals surface area contributed by atoms with Crippen LogP contribution in [0.3, 0.4) is 0 Å². The predicted molar refractivity (Wildman–Crippen MR) is 109 cm³/mol. The first-order valence-corrected chi connectivity index (χ1v) is 10.1. The van der Waals surface area contributed by atoms with E-state index in [4.69, 9.17) is 4.74 Å². The molecule has 2 aromatic rings. The highest BCUT2D eigenvalue weighted by Gasteiger charge is 2.19. The fourth-order valence-corrected chi connectivity index (χ4v) is 3.70. The minimum atomic E-state index is -0.0749. The molecule has 0 amide bonds. The van der Waals surface area contributed by atoms with Crippen molar-refractivity contribution in [2.75, 3.05) is 26.8 Å². The number of methoxy groups -OCH3 is 1. The monoisotopic (exact) mass is 369 g/mol. The van der Waals surface area contributed by atoms with Crippen LogP contribution in [0.4, 0.5) is 0 Å². The lowest BCUT2D eigenvalue weighted by molar-refractivity contribution is 0.0968. The number of ether oxygens (including phenoxy) is 1. The molecule has 1 fully saturated rings. The molecule has 1 saturated heterocycles. The average Bonchev–Trinajstić information content (AvgIpc) is 2.68. The molecule has 1 aromatic heterocycles. The van der Waals surface area contributed by atoms with Crippen LogP contribution in [0, 0.1) is 5.92 Å². The summed E-state index contributed by atoms with van der Waals surface area (Å²) in [5.74, 6) is 1.37. The lowest BCUT2D eigenvalue weighted by Crippen LogP contribution is -2.34. The van der Waals surface area contributed by atoms with Crippen molar-refractivity contribution in [1.29, 1.82) is 0 Å². The summed E-state index contributed by atoms with van der Waals surface area (Å²) in [7, 11) is 1.79. The summed E-state index contributed by atoms with van der Waals surface area (Å²) in [6.07, 6.45) is 5.42. The zero-order valence-corrected chi connectivity index (χ0v) is 16.5. The van der Waals surface area contributed by atoms with E-state index in [1.54, 1.807) is 13.2 Å². The van der Waals surface area contributed by atoms with E-state index in [1.165, 1.54) is 18.4 Å². The van der Waals surface area contributed by atoms with Crippen LogP contribution in [0.25, 0.3) is 11.4 Å². The minimum Gasteiger partial charge on any atom is -0.384 e. The van der Waals surface area contributed by atoms with Crippen molar-refractivity contribution in [3.8, 4) is 11.4 Å². The summed E-state index contributed by atoms with van der Waals surface area (Å²) >= 11 is 0. The Balaban J connectivity index is 1.62. The number of hydrogen-bond donors (Lipinski definition) is 1. The standard InChI is InChI=1S/C22H31N3O2/c1-3-4-5-20-14-21(26)24-22(23-20)19-8-6-17(7-9-19)15-25-12-10-18(11-13-25)16-27-2/h6-9,14,18H,3-5,10-13,15-16H2,1-2H3,(H,23,24,26). The average molecular weight is 370 g/mol. The zero-order valence-electron chi connectivity index (χ0n) is 16.5. The van der Waals surface area contributed by atoms with Crippen molar-refractivity contribution in [2.45, 2.75) is 45.6 Å². The van der Waals surface area contributed by atoms with Crippen LogP contribution >= 0.6 is 0 Å². The van der Waals surface area contributed by atoms with Crippen molar-refractivity contribution < 1.29 is 4.74 Å². The van der Waals surface area contributed by atoms with Crippen LogP contribution in [0.1, 0.15) is 43.9 Å². The Morgan fingerprint density at radius 1 is 1.22 bits per heavy atom. The number of nitrogens with one attached hydrogen (secondary N) is 1. The molecule has 1 aliphatic rings. The summed E-state index contributed by atoms with van der Waals surface area (Å²) in [5, 5.41) is 0. The van der Waals surface area contributed by atoms with Crippen LogP contribution in [-0.2, 0) is 17.7 Å². The van der Waals surface area contributed by atoms with Crippen LogP contribution in [-0.4, -0.2) is 41.7 Å². The summed E-state index contributed by atoms with van der Waals surface area (Å²) in [4.78, 5) is 21.9. The van der Waals surface area contributed by atoms with Crippen molar-refractivity contribution >= 4 is 0 Å². The van der Waals surface area contributed by atoms with Gasteiger partial charge >= 0.3 is 0 Å². The molecule has 5 nitrogen and oxygen atoms in total. The van der Waals surface area contributed by atoms with Crippen molar-refractivity contribution in [2.24, 2.45) is 5.92 Å². The van der Waals surface area contributed by atoms with E-state index in [2.05, 4.69) is 46.1 Å². The van der Waals surface area contributed by atoms with Gasteiger partial charge < -0.3 is 9.72 Å². The first-order valence-electron chi connectivity index (χ1n) is 10.1. The van der Waals surface area contributed by atoms with E-state index in [0.717, 1.165) is 56.8 Å². The highest BCUT2D eigenvalue weighted by molar-refractivity contribution is 5.55. The van der Waals surface area contributed by atoms with Gasteiger partial charge in [0.2, 0.25) is 0 Å². The maximum absolute atomic E-state index is 11.9. The molecule has 146 valence electrons. The normalized spacial score (nSPS) is 15.9. The summed E-state index contributed by atoms with van der Waals surface area (Å²) < 4.78 is 5.28. The van der Waals surface area contributed by atoms with Gasteiger partial charge in [-0.2, -0.15) is 0 Å². The van der Waals surface area contributed by atoms with E-state index in [9.17, 15) is 4.79 Å². The number of aromatic nitrogens is 2. The third-order valence-electron chi connectivity index (χ3n) is 5.32. The SMILES string of the molecule is CCCCc1cc(=O)[nH]c(-c2ccc(CN3CCC(COC)CC3)cc2)n1. The smallest absolute Gasteiger partial charge is 0.251 e. The molecule has 0 bridgehead atoms. The van der Waals surface area contributed by atoms with Gasteiger partial charge in [-0.25, -0.2) is 4.98 Å². The number of nitrogens with zero attached hydrogens (tertiary/aromatic N) is 2. The molecule has 27 heavy (non-hydrogen) atoms. The Morgan fingerprint density at radius 3 is 2.63 bits per heavy atom. The molecule has 1 N–H and O–H groups in total. The molecule has 0 unspecified atom stereocenters. The Bertz CT molecular complexity index is 762. The number of benzene rings is 1. The number of aromatic amines is 1. The number of hydrogen-bond acceptors (Lipinski definition) is 4. The lowest BCUT2D eigenvalue weighted by Gasteiger charge is -2.31. The van der Waals surface area contributed by atoms with Gasteiger partial charge in [0.05, 0.1) is 0 Å². The van der Waals surface area contributed by atoms with Crippen molar-refractivity contribution in [1.82, 2.24) is 14.9 Å². The van der Waals surface area contributed by atoms with Gasteiger partial charge in [0.25, 0.3) is 5.56 Å². The number of rotatable bonds is 8. The molecular formula is C22H31N3O2. The zero-order chi connectivity index (χ0) is 19.1. The van der Waals surface area contributed by atoms with Crippen LogP contribution in [0.5, 0.6) is 0 Å². The predicted octanol–water partition coefficient (Wildman–Crippen LogP) is 3.64. The van der Waals surface area contributed by atoms with Gasteiger partial charge in [-0.05, 0) is 50.3 Å². The van der Waals surface area contributed by atoms with E-state index >= 15 is 0 Å². The summed E-state index contributed by atoms with van der Waals surface area (Å²) in [6, 6.07) is 10.0. The molecule has 1 aliphatic heterocycles. The van der Waals surface area contributed by atoms with E-state index in [0.29, 0.717) is 11.7 Å². The quantitative estimate of drug-likeness (QED) is 0.772. The van der Waals surface area contributed by atoms with E-state index in [-0.39, 0.29) is 5.56 Å². The molecule has 0 radical (unpaired) electrons. The van der Waals surface area contributed by atoms with Crippen LogP contribution in [0.15, 0.2) is 35.1 Å². The largest absolute Gasteiger partial charge is 0.384 e. The molecule has 1 aromatic carbocycles. The third-order valence-corrected chi connectivity index (χ3v) is 5.32. The van der Waals surface area contributed by atoms with Gasteiger partial charge in [-0.15, -0.1) is 0 Å². The molecule has 0 spiro atoms. The third kappa shape index (κ3) is 5.75. The molecule has 0 saturated carbocycles. The van der Waals surface area contributed by atoms with Gasteiger partial charge in [-0.1, -0.05) is 37.6 Å². The number of likely N-dealkylation sites (tertiary alicyclic amines) is 1. The fourth-order valence-electron chi connectivity index (χ4n) is 3.70. The fraction of sp³-hybridized carbons (Fsp3) is 0.545. The Morgan fingerprint density at radius 2 is 1.96 bits per heavy atom. The maximum Gasteiger partial charge on any atom is 0.251 e. The van der Waals surface area contributed by atoms with Crippen molar-refractivity contribution in [3.63, 3.8) is 0 Å². The lowest BCUT2D eigenvalue weighted by atomic mass is 9.97. The number of aryl methyl sites for hydroxylation is 1.